The molecule has 2 heterocycles. The maximum absolute atomic E-state index is 4.39. The number of hydrogen-bond acceptors (Lipinski definition) is 3. The molecule has 4 rings (SSSR count). The molecule has 0 amide bonds. The fourth-order valence-corrected chi connectivity index (χ4v) is 3.28. The second kappa shape index (κ2) is 5.15. The molecule has 2 aromatic rings. The SMILES string of the molecule is c1cnc2ccc(CN3CCNC(C4CC4)C3)cc2c1. The van der Waals surface area contributed by atoms with E-state index in [1.165, 1.54) is 30.3 Å². The van der Waals surface area contributed by atoms with Gasteiger partial charge in [-0.15, -0.1) is 0 Å². The fraction of sp³-hybridized carbons (Fsp3) is 0.471. The van der Waals surface area contributed by atoms with Crippen molar-refractivity contribution >= 4 is 10.9 Å². The van der Waals surface area contributed by atoms with Gasteiger partial charge >= 0.3 is 0 Å². The number of nitrogens with one attached hydrogen (secondary N) is 1. The fourth-order valence-electron chi connectivity index (χ4n) is 3.28. The van der Waals surface area contributed by atoms with Gasteiger partial charge in [0.05, 0.1) is 5.52 Å². The van der Waals surface area contributed by atoms with Gasteiger partial charge in [0.1, 0.15) is 0 Å². The van der Waals surface area contributed by atoms with Crippen molar-refractivity contribution < 1.29 is 0 Å². The molecule has 2 aliphatic rings. The van der Waals surface area contributed by atoms with Crippen LogP contribution in [-0.2, 0) is 6.54 Å². The van der Waals surface area contributed by atoms with Gasteiger partial charge < -0.3 is 5.32 Å². The molecular weight excluding hydrogens is 246 g/mol. The van der Waals surface area contributed by atoms with Gasteiger partial charge in [-0.3, -0.25) is 9.88 Å². The number of piperazine rings is 1. The highest BCUT2D eigenvalue weighted by Crippen LogP contribution is 2.33. The second-order valence-electron chi connectivity index (χ2n) is 6.16. The standard InChI is InChI=1S/C17H21N3/c1-2-15-10-13(3-6-16(15)18-7-1)11-20-9-8-19-17(12-20)14-4-5-14/h1-3,6-7,10,14,17,19H,4-5,8-9,11-12H2. The summed E-state index contributed by atoms with van der Waals surface area (Å²) in [4.78, 5) is 6.98. The number of rotatable bonds is 3. The van der Waals surface area contributed by atoms with Crippen molar-refractivity contribution in [3.63, 3.8) is 0 Å². The summed E-state index contributed by atoms with van der Waals surface area (Å²) in [5.41, 5.74) is 2.49. The molecule has 1 aromatic carbocycles. The highest BCUT2D eigenvalue weighted by atomic mass is 15.2. The van der Waals surface area contributed by atoms with Crippen LogP contribution < -0.4 is 5.32 Å². The minimum atomic E-state index is 0.728. The van der Waals surface area contributed by atoms with Crippen LogP contribution in [-0.4, -0.2) is 35.6 Å². The average Bonchev–Trinajstić information content (AvgIpc) is 3.32. The lowest BCUT2D eigenvalue weighted by Gasteiger charge is -2.34. The van der Waals surface area contributed by atoms with Crippen molar-refractivity contribution in [3.05, 3.63) is 42.1 Å². The zero-order valence-electron chi connectivity index (χ0n) is 11.8. The summed E-state index contributed by atoms with van der Waals surface area (Å²) in [5, 5.41) is 4.92. The van der Waals surface area contributed by atoms with Gasteiger partial charge in [-0.2, -0.15) is 0 Å². The molecule has 1 aliphatic carbocycles. The summed E-state index contributed by atoms with van der Waals surface area (Å²) >= 11 is 0. The van der Waals surface area contributed by atoms with Crippen molar-refractivity contribution in [1.82, 2.24) is 15.2 Å². The monoisotopic (exact) mass is 267 g/mol. The minimum Gasteiger partial charge on any atom is -0.311 e. The zero-order valence-corrected chi connectivity index (χ0v) is 11.8. The topological polar surface area (TPSA) is 28.2 Å². The van der Waals surface area contributed by atoms with Gasteiger partial charge in [-0.25, -0.2) is 0 Å². The summed E-state index contributed by atoms with van der Waals surface area (Å²) < 4.78 is 0. The minimum absolute atomic E-state index is 0.728. The quantitative estimate of drug-likeness (QED) is 0.925. The molecular formula is C17H21N3. The van der Waals surface area contributed by atoms with Crippen molar-refractivity contribution in [2.75, 3.05) is 19.6 Å². The van der Waals surface area contributed by atoms with E-state index < -0.39 is 0 Å². The number of hydrogen-bond donors (Lipinski definition) is 1. The van der Waals surface area contributed by atoms with Crippen LogP contribution in [0.2, 0.25) is 0 Å². The Morgan fingerprint density at radius 2 is 2.20 bits per heavy atom. The smallest absolute Gasteiger partial charge is 0.0702 e. The van der Waals surface area contributed by atoms with E-state index in [0.29, 0.717) is 0 Å². The van der Waals surface area contributed by atoms with Gasteiger partial charge in [0.25, 0.3) is 0 Å². The molecule has 3 nitrogen and oxygen atoms in total. The number of pyridine rings is 1. The number of benzene rings is 1. The first kappa shape index (κ1) is 12.3. The third-order valence-electron chi connectivity index (χ3n) is 4.55. The van der Waals surface area contributed by atoms with Crippen LogP contribution in [0.15, 0.2) is 36.5 Å². The van der Waals surface area contributed by atoms with Gasteiger partial charge in [-0.1, -0.05) is 12.1 Å². The van der Waals surface area contributed by atoms with Crippen LogP contribution in [0.3, 0.4) is 0 Å². The number of fused-ring (bicyclic) bond motifs is 1. The first-order valence-electron chi connectivity index (χ1n) is 7.68. The molecule has 0 bridgehead atoms. The van der Waals surface area contributed by atoms with E-state index in [4.69, 9.17) is 0 Å². The van der Waals surface area contributed by atoms with Crippen molar-refractivity contribution in [3.8, 4) is 0 Å². The summed E-state index contributed by atoms with van der Waals surface area (Å²) in [6, 6.07) is 11.5. The Balaban J connectivity index is 1.48. The normalized spacial score (nSPS) is 24.1. The predicted molar refractivity (Wildman–Crippen MR) is 81.5 cm³/mol. The summed E-state index contributed by atoms with van der Waals surface area (Å²) in [5.74, 6) is 0.943. The van der Waals surface area contributed by atoms with Gasteiger partial charge in [-0.05, 0) is 42.5 Å². The van der Waals surface area contributed by atoms with E-state index in [1.807, 2.05) is 12.3 Å². The van der Waals surface area contributed by atoms with Crippen LogP contribution in [0.1, 0.15) is 18.4 Å². The Morgan fingerprint density at radius 3 is 3.10 bits per heavy atom. The largest absolute Gasteiger partial charge is 0.311 e. The Bertz CT molecular complexity index is 606. The zero-order chi connectivity index (χ0) is 13.4. The van der Waals surface area contributed by atoms with E-state index in [-0.39, 0.29) is 0 Å². The third-order valence-corrected chi connectivity index (χ3v) is 4.55. The molecule has 0 spiro atoms. The molecule has 2 fully saturated rings. The van der Waals surface area contributed by atoms with Crippen LogP contribution in [0.25, 0.3) is 10.9 Å². The summed E-state index contributed by atoms with van der Waals surface area (Å²) in [6.45, 7) is 4.57. The molecule has 0 radical (unpaired) electrons. The van der Waals surface area contributed by atoms with Gasteiger partial charge in [0.15, 0.2) is 0 Å². The highest BCUT2D eigenvalue weighted by Gasteiger charge is 2.33. The average molecular weight is 267 g/mol. The molecule has 1 aliphatic heterocycles. The Kier molecular flexibility index (Phi) is 3.17. The van der Waals surface area contributed by atoms with Crippen LogP contribution in [0.5, 0.6) is 0 Å². The molecule has 1 saturated carbocycles. The molecule has 1 aromatic heterocycles. The summed E-state index contributed by atoms with van der Waals surface area (Å²) in [7, 11) is 0. The second-order valence-corrected chi connectivity index (χ2v) is 6.16. The molecule has 104 valence electrons. The molecule has 1 saturated heterocycles. The highest BCUT2D eigenvalue weighted by molar-refractivity contribution is 5.78. The molecule has 1 atom stereocenters. The Morgan fingerprint density at radius 1 is 1.25 bits per heavy atom. The van der Waals surface area contributed by atoms with Crippen LogP contribution in [0, 0.1) is 5.92 Å². The predicted octanol–water partition coefficient (Wildman–Crippen LogP) is 2.42. The number of aromatic nitrogens is 1. The van der Waals surface area contributed by atoms with Crippen molar-refractivity contribution in [2.24, 2.45) is 5.92 Å². The van der Waals surface area contributed by atoms with Gasteiger partial charge in [0, 0.05) is 43.8 Å². The maximum atomic E-state index is 4.39. The van der Waals surface area contributed by atoms with E-state index in [2.05, 4.69) is 39.5 Å². The van der Waals surface area contributed by atoms with Crippen LogP contribution >= 0.6 is 0 Å². The lowest BCUT2D eigenvalue weighted by molar-refractivity contribution is 0.181. The van der Waals surface area contributed by atoms with Crippen molar-refractivity contribution in [2.45, 2.75) is 25.4 Å². The third kappa shape index (κ3) is 2.56. The molecule has 20 heavy (non-hydrogen) atoms. The Hall–Kier alpha value is -1.45. The van der Waals surface area contributed by atoms with Crippen LogP contribution in [0.4, 0.5) is 0 Å². The summed E-state index contributed by atoms with van der Waals surface area (Å²) in [6.07, 6.45) is 4.71. The lowest BCUT2D eigenvalue weighted by Crippen LogP contribution is -2.51. The number of nitrogens with zero attached hydrogens (tertiary/aromatic N) is 2. The van der Waals surface area contributed by atoms with E-state index in [1.54, 1.807) is 0 Å². The molecule has 3 heteroatoms. The first-order valence-corrected chi connectivity index (χ1v) is 7.68. The lowest BCUT2D eigenvalue weighted by atomic mass is 10.1. The van der Waals surface area contributed by atoms with E-state index in [9.17, 15) is 0 Å². The first-order chi connectivity index (χ1) is 9.88. The van der Waals surface area contributed by atoms with Gasteiger partial charge in [0.2, 0.25) is 0 Å². The molecule has 1 N–H and O–H groups in total. The van der Waals surface area contributed by atoms with Crippen molar-refractivity contribution in [1.29, 1.82) is 0 Å². The Labute approximate surface area is 120 Å². The van der Waals surface area contributed by atoms with E-state index in [0.717, 1.165) is 37.1 Å². The maximum Gasteiger partial charge on any atom is 0.0702 e. The molecule has 1 unspecified atom stereocenters. The van der Waals surface area contributed by atoms with E-state index >= 15 is 0 Å².